The highest BCUT2D eigenvalue weighted by Crippen LogP contribution is 2.32. The molecule has 1 aromatic rings. The molecule has 0 bridgehead atoms. The van der Waals surface area contributed by atoms with Gasteiger partial charge in [0.05, 0.1) is 20.3 Å². The maximum atomic E-state index is 13.3. The molecule has 2 fully saturated rings. The van der Waals surface area contributed by atoms with Crippen LogP contribution < -0.4 is 4.74 Å². The first kappa shape index (κ1) is 19.6. The van der Waals surface area contributed by atoms with Gasteiger partial charge in [-0.15, -0.1) is 0 Å². The largest absolute Gasteiger partial charge is 0.495 e. The van der Waals surface area contributed by atoms with Gasteiger partial charge in [0.1, 0.15) is 10.6 Å². The molecule has 2 saturated heterocycles. The van der Waals surface area contributed by atoms with Crippen LogP contribution in [0.1, 0.15) is 30.9 Å². The number of aryl methyl sites for hydroxylation is 2. The van der Waals surface area contributed by atoms with Crippen LogP contribution in [0.5, 0.6) is 5.75 Å². The first-order chi connectivity index (χ1) is 12.4. The fraction of sp³-hybridized carbons (Fsp3) is 0.684. The van der Waals surface area contributed by atoms with E-state index >= 15 is 0 Å². The number of hydrogen-bond donors (Lipinski definition) is 0. The van der Waals surface area contributed by atoms with Gasteiger partial charge < -0.3 is 9.47 Å². The van der Waals surface area contributed by atoms with E-state index < -0.39 is 10.0 Å². The van der Waals surface area contributed by atoms with Crippen LogP contribution in [0.3, 0.4) is 0 Å². The molecule has 0 N–H and O–H groups in total. The van der Waals surface area contributed by atoms with Gasteiger partial charge in [-0.2, -0.15) is 4.31 Å². The van der Waals surface area contributed by atoms with E-state index in [4.69, 9.17) is 9.47 Å². The highest BCUT2D eigenvalue weighted by atomic mass is 32.2. The Hall–Kier alpha value is -1.15. The molecule has 0 radical (unpaired) electrons. The molecular formula is C19H30N2O4S. The summed E-state index contributed by atoms with van der Waals surface area (Å²) in [5, 5.41) is 0. The number of benzene rings is 1. The number of methoxy groups -OCH3 is 1. The molecule has 2 aliphatic rings. The third-order valence-electron chi connectivity index (χ3n) is 5.60. The van der Waals surface area contributed by atoms with Crippen LogP contribution in [0.4, 0.5) is 0 Å². The van der Waals surface area contributed by atoms with Gasteiger partial charge in [0.15, 0.2) is 0 Å². The maximum absolute atomic E-state index is 13.3. The van der Waals surface area contributed by atoms with Crippen molar-refractivity contribution in [3.05, 3.63) is 23.3 Å². The molecule has 3 rings (SSSR count). The molecular weight excluding hydrogens is 352 g/mol. The summed E-state index contributed by atoms with van der Waals surface area (Å²) in [5.74, 6) is 0.416. The van der Waals surface area contributed by atoms with Crippen molar-refractivity contribution >= 4 is 10.0 Å². The molecule has 0 saturated carbocycles. The lowest BCUT2D eigenvalue weighted by Crippen LogP contribution is -2.62. The van der Waals surface area contributed by atoms with Crippen LogP contribution in [0.25, 0.3) is 0 Å². The van der Waals surface area contributed by atoms with Crippen molar-refractivity contribution in [3.8, 4) is 5.75 Å². The number of piperazine rings is 1. The van der Waals surface area contributed by atoms with Crippen LogP contribution in [0.2, 0.25) is 0 Å². The molecule has 2 atom stereocenters. The number of fused-ring (bicyclic) bond motifs is 1. The van der Waals surface area contributed by atoms with Gasteiger partial charge in [0.25, 0.3) is 0 Å². The number of nitrogens with zero attached hydrogens (tertiary/aromatic N) is 2. The number of ether oxygens (including phenoxy) is 2. The quantitative estimate of drug-likeness (QED) is 0.781. The molecule has 2 aliphatic heterocycles. The molecule has 146 valence electrons. The first-order valence-corrected chi connectivity index (χ1v) is 10.8. The maximum Gasteiger partial charge on any atom is 0.246 e. The summed E-state index contributed by atoms with van der Waals surface area (Å²) in [7, 11) is -2.08. The topological polar surface area (TPSA) is 59.1 Å². The van der Waals surface area contributed by atoms with E-state index in [2.05, 4.69) is 11.8 Å². The van der Waals surface area contributed by atoms with Crippen molar-refractivity contribution in [2.24, 2.45) is 0 Å². The zero-order chi connectivity index (χ0) is 18.9. The second kappa shape index (κ2) is 7.84. The molecule has 26 heavy (non-hydrogen) atoms. The van der Waals surface area contributed by atoms with E-state index in [1.54, 1.807) is 16.4 Å². The minimum absolute atomic E-state index is 0.126. The summed E-state index contributed by atoms with van der Waals surface area (Å²) < 4.78 is 39.3. The van der Waals surface area contributed by atoms with Crippen molar-refractivity contribution in [2.75, 3.05) is 40.0 Å². The van der Waals surface area contributed by atoms with E-state index in [0.29, 0.717) is 31.5 Å². The van der Waals surface area contributed by atoms with E-state index in [0.717, 1.165) is 37.1 Å². The smallest absolute Gasteiger partial charge is 0.246 e. The summed E-state index contributed by atoms with van der Waals surface area (Å²) in [4.78, 5) is 2.70. The third-order valence-corrected chi connectivity index (χ3v) is 7.49. The number of hydrogen-bond acceptors (Lipinski definition) is 5. The molecule has 0 unspecified atom stereocenters. The zero-order valence-corrected chi connectivity index (χ0v) is 17.0. The summed E-state index contributed by atoms with van der Waals surface area (Å²) >= 11 is 0. The van der Waals surface area contributed by atoms with Gasteiger partial charge in [0.2, 0.25) is 10.0 Å². The molecule has 0 amide bonds. The van der Waals surface area contributed by atoms with Gasteiger partial charge in [-0.05, 0) is 43.5 Å². The summed E-state index contributed by atoms with van der Waals surface area (Å²) in [6.07, 6.45) is 2.20. The number of rotatable bonds is 5. The highest BCUT2D eigenvalue weighted by Gasteiger charge is 2.40. The first-order valence-electron chi connectivity index (χ1n) is 9.37. The van der Waals surface area contributed by atoms with Crippen molar-refractivity contribution in [1.82, 2.24) is 9.21 Å². The minimum Gasteiger partial charge on any atom is -0.495 e. The Kier molecular flexibility index (Phi) is 5.91. The third kappa shape index (κ3) is 3.63. The number of morpholine rings is 1. The van der Waals surface area contributed by atoms with Crippen molar-refractivity contribution < 1.29 is 17.9 Å². The van der Waals surface area contributed by atoms with Crippen LogP contribution in [0, 0.1) is 13.8 Å². The van der Waals surface area contributed by atoms with Crippen molar-refractivity contribution in [1.29, 1.82) is 0 Å². The Morgan fingerprint density at radius 3 is 2.62 bits per heavy atom. The minimum atomic E-state index is -3.60. The SMILES string of the molecule is CCC[C@H]1COC[C@H]2CN(S(=O)(=O)c3cc(C)c(C)cc3OC)CCN12. The summed E-state index contributed by atoms with van der Waals surface area (Å²) in [6, 6.07) is 4.06. The second-order valence-corrected chi connectivity index (χ2v) is 9.23. The van der Waals surface area contributed by atoms with Crippen LogP contribution in [-0.2, 0) is 14.8 Å². The summed E-state index contributed by atoms with van der Waals surface area (Å²) in [5.41, 5.74) is 1.97. The van der Waals surface area contributed by atoms with E-state index in [-0.39, 0.29) is 10.9 Å². The molecule has 6 nitrogen and oxygen atoms in total. The standard InChI is InChI=1S/C19H30N2O4S/c1-5-6-16-12-25-13-17-11-20(7-8-21(16)17)26(22,23)19-10-15(3)14(2)9-18(19)24-4/h9-10,16-17H,5-8,11-13H2,1-4H3/t16-,17+/m0/s1. The lowest BCUT2D eigenvalue weighted by atomic mass is 10.0. The predicted molar refractivity (Wildman–Crippen MR) is 101 cm³/mol. The fourth-order valence-corrected chi connectivity index (χ4v) is 5.66. The van der Waals surface area contributed by atoms with Crippen LogP contribution in [-0.4, -0.2) is 69.7 Å². The average molecular weight is 383 g/mol. The molecule has 1 aromatic carbocycles. The normalized spacial score (nSPS) is 25.1. The Balaban J connectivity index is 1.85. The molecule has 0 aromatic heterocycles. The van der Waals surface area contributed by atoms with Gasteiger partial charge in [-0.1, -0.05) is 13.3 Å². The molecule has 0 aliphatic carbocycles. The Morgan fingerprint density at radius 2 is 1.92 bits per heavy atom. The summed E-state index contributed by atoms with van der Waals surface area (Å²) in [6.45, 7) is 9.14. The van der Waals surface area contributed by atoms with Gasteiger partial charge in [-0.3, -0.25) is 4.90 Å². The van der Waals surface area contributed by atoms with E-state index in [1.807, 2.05) is 13.8 Å². The molecule has 7 heteroatoms. The van der Waals surface area contributed by atoms with Crippen molar-refractivity contribution in [3.63, 3.8) is 0 Å². The zero-order valence-electron chi connectivity index (χ0n) is 16.2. The van der Waals surface area contributed by atoms with Crippen LogP contribution >= 0.6 is 0 Å². The monoisotopic (exact) mass is 382 g/mol. The van der Waals surface area contributed by atoms with E-state index in [9.17, 15) is 8.42 Å². The number of sulfonamides is 1. The van der Waals surface area contributed by atoms with Gasteiger partial charge >= 0.3 is 0 Å². The van der Waals surface area contributed by atoms with Gasteiger partial charge in [0, 0.05) is 31.7 Å². The lowest BCUT2D eigenvalue weighted by Gasteiger charge is -2.47. The Bertz CT molecular complexity index is 748. The second-order valence-electron chi connectivity index (χ2n) is 7.32. The Morgan fingerprint density at radius 1 is 1.19 bits per heavy atom. The van der Waals surface area contributed by atoms with E-state index in [1.165, 1.54) is 7.11 Å². The van der Waals surface area contributed by atoms with Crippen LogP contribution in [0.15, 0.2) is 17.0 Å². The average Bonchev–Trinajstić information content (AvgIpc) is 2.63. The predicted octanol–water partition coefficient (Wildman–Crippen LogP) is 2.19. The highest BCUT2D eigenvalue weighted by molar-refractivity contribution is 7.89. The molecule has 0 spiro atoms. The molecule has 2 heterocycles. The lowest BCUT2D eigenvalue weighted by molar-refractivity contribution is -0.0716. The Labute approximate surface area is 157 Å². The van der Waals surface area contributed by atoms with Gasteiger partial charge in [-0.25, -0.2) is 8.42 Å². The fourth-order valence-electron chi connectivity index (χ4n) is 3.97. The van der Waals surface area contributed by atoms with Crippen molar-refractivity contribution in [2.45, 2.75) is 50.6 Å².